The fourth-order valence-electron chi connectivity index (χ4n) is 0.484. The first kappa shape index (κ1) is 10.3. The molecule has 0 aliphatic heterocycles. The first-order valence-electron chi connectivity index (χ1n) is 3.37. The average Bonchev–Trinajstić information content (AvgIpc) is 2.03. The molecule has 0 unspecified atom stereocenters. The van der Waals surface area contributed by atoms with Crippen LogP contribution in [0.5, 0.6) is 0 Å². The predicted octanol–water partition coefficient (Wildman–Crippen LogP) is 1.44. The lowest BCUT2D eigenvalue weighted by atomic mass is 10.6. The zero-order valence-corrected chi connectivity index (χ0v) is 7.53. The second-order valence-electron chi connectivity index (χ2n) is 1.74. The SMILES string of the molecule is C=C/C=C\S/C(=C\CN)NC. The van der Waals surface area contributed by atoms with Crippen molar-refractivity contribution in [1.29, 1.82) is 0 Å². The van der Waals surface area contributed by atoms with Crippen LogP contribution in [0.4, 0.5) is 0 Å². The number of hydrogen-bond acceptors (Lipinski definition) is 3. The molecule has 0 spiro atoms. The Balaban J connectivity index is 3.78. The van der Waals surface area contributed by atoms with Crippen molar-refractivity contribution in [1.82, 2.24) is 5.32 Å². The Hall–Kier alpha value is -0.670. The summed E-state index contributed by atoms with van der Waals surface area (Å²) in [6.45, 7) is 4.13. The maximum Gasteiger partial charge on any atom is 0.0693 e. The molecule has 0 aromatic carbocycles. The second kappa shape index (κ2) is 7.44. The Labute approximate surface area is 72.2 Å². The highest BCUT2D eigenvalue weighted by Crippen LogP contribution is 2.12. The van der Waals surface area contributed by atoms with Gasteiger partial charge in [0.1, 0.15) is 0 Å². The smallest absolute Gasteiger partial charge is 0.0693 e. The molecule has 0 saturated carbocycles. The van der Waals surface area contributed by atoms with E-state index in [1.807, 2.05) is 24.6 Å². The minimum absolute atomic E-state index is 0.561. The molecule has 62 valence electrons. The molecule has 0 aromatic heterocycles. The van der Waals surface area contributed by atoms with Gasteiger partial charge in [-0.2, -0.15) is 0 Å². The number of nitrogens with two attached hydrogens (primary N) is 1. The molecule has 3 heteroatoms. The second-order valence-corrected chi connectivity index (χ2v) is 2.68. The van der Waals surface area contributed by atoms with Gasteiger partial charge in [-0.1, -0.05) is 30.5 Å². The van der Waals surface area contributed by atoms with Gasteiger partial charge in [-0.05, 0) is 11.5 Å². The van der Waals surface area contributed by atoms with E-state index >= 15 is 0 Å². The molecule has 0 amide bonds. The maximum atomic E-state index is 5.34. The van der Waals surface area contributed by atoms with Crippen LogP contribution in [-0.4, -0.2) is 13.6 Å². The standard InChI is InChI=1S/C8H14N2S/c1-3-4-7-11-8(10-2)5-6-9/h3-5,7,10H,1,6,9H2,2H3/b7-4-,8-5-. The van der Waals surface area contributed by atoms with Gasteiger partial charge in [0.15, 0.2) is 0 Å². The third kappa shape index (κ3) is 5.76. The van der Waals surface area contributed by atoms with Crippen molar-refractivity contribution in [3.63, 3.8) is 0 Å². The quantitative estimate of drug-likeness (QED) is 0.613. The molecular formula is C8H14N2S. The van der Waals surface area contributed by atoms with Crippen molar-refractivity contribution in [2.75, 3.05) is 13.6 Å². The van der Waals surface area contributed by atoms with E-state index in [4.69, 9.17) is 5.73 Å². The molecule has 0 heterocycles. The number of nitrogens with one attached hydrogen (secondary N) is 1. The lowest BCUT2D eigenvalue weighted by molar-refractivity contribution is 1.06. The molecule has 2 nitrogen and oxygen atoms in total. The number of thioether (sulfide) groups is 1. The van der Waals surface area contributed by atoms with E-state index in [1.54, 1.807) is 17.8 Å². The van der Waals surface area contributed by atoms with Gasteiger partial charge in [0.05, 0.1) is 5.03 Å². The monoisotopic (exact) mass is 170 g/mol. The van der Waals surface area contributed by atoms with Crippen molar-refractivity contribution >= 4 is 11.8 Å². The normalized spacial score (nSPS) is 12.0. The fraction of sp³-hybridized carbons (Fsp3) is 0.250. The average molecular weight is 170 g/mol. The van der Waals surface area contributed by atoms with Gasteiger partial charge < -0.3 is 11.1 Å². The Morgan fingerprint density at radius 1 is 1.73 bits per heavy atom. The van der Waals surface area contributed by atoms with E-state index in [1.165, 1.54) is 0 Å². The Morgan fingerprint density at radius 2 is 2.45 bits per heavy atom. The molecule has 0 radical (unpaired) electrons. The topological polar surface area (TPSA) is 38.0 Å². The van der Waals surface area contributed by atoms with Crippen molar-refractivity contribution < 1.29 is 0 Å². The van der Waals surface area contributed by atoms with Gasteiger partial charge in [-0.25, -0.2) is 0 Å². The minimum atomic E-state index is 0.561. The third-order valence-electron chi connectivity index (χ3n) is 0.959. The van der Waals surface area contributed by atoms with E-state index in [-0.39, 0.29) is 0 Å². The zero-order chi connectivity index (χ0) is 8.53. The van der Waals surface area contributed by atoms with Crippen LogP contribution in [0.1, 0.15) is 0 Å². The predicted molar refractivity (Wildman–Crippen MR) is 53.1 cm³/mol. The number of allylic oxidation sites excluding steroid dienone is 2. The van der Waals surface area contributed by atoms with Gasteiger partial charge in [0.2, 0.25) is 0 Å². The van der Waals surface area contributed by atoms with Crippen LogP contribution in [0, 0.1) is 0 Å². The molecule has 0 aliphatic rings. The molecule has 0 rings (SSSR count). The third-order valence-corrected chi connectivity index (χ3v) is 1.88. The van der Waals surface area contributed by atoms with Gasteiger partial charge in [-0.3, -0.25) is 0 Å². The van der Waals surface area contributed by atoms with Crippen molar-refractivity contribution in [3.8, 4) is 0 Å². The summed E-state index contributed by atoms with van der Waals surface area (Å²) < 4.78 is 0. The molecular weight excluding hydrogens is 156 g/mol. The summed E-state index contributed by atoms with van der Waals surface area (Å²) >= 11 is 1.59. The largest absolute Gasteiger partial charge is 0.383 e. The highest BCUT2D eigenvalue weighted by molar-refractivity contribution is 8.05. The van der Waals surface area contributed by atoms with Gasteiger partial charge in [0.25, 0.3) is 0 Å². The molecule has 0 bridgehead atoms. The molecule has 0 aromatic rings. The molecule has 0 saturated heterocycles. The van der Waals surface area contributed by atoms with Crippen LogP contribution in [0.15, 0.2) is 35.2 Å². The Kier molecular flexibility index (Phi) is 6.98. The van der Waals surface area contributed by atoms with Gasteiger partial charge in [0, 0.05) is 13.6 Å². The highest BCUT2D eigenvalue weighted by atomic mass is 32.2. The van der Waals surface area contributed by atoms with Crippen LogP contribution >= 0.6 is 11.8 Å². The van der Waals surface area contributed by atoms with Crippen LogP contribution in [0.2, 0.25) is 0 Å². The highest BCUT2D eigenvalue weighted by Gasteiger charge is 1.87. The lowest BCUT2D eigenvalue weighted by Crippen LogP contribution is -2.04. The van der Waals surface area contributed by atoms with E-state index in [9.17, 15) is 0 Å². The van der Waals surface area contributed by atoms with E-state index in [0.717, 1.165) is 5.03 Å². The molecule has 3 N–H and O–H groups in total. The minimum Gasteiger partial charge on any atom is -0.383 e. The molecule has 0 aliphatic carbocycles. The van der Waals surface area contributed by atoms with E-state index in [0.29, 0.717) is 6.54 Å². The van der Waals surface area contributed by atoms with Crippen LogP contribution < -0.4 is 11.1 Å². The summed E-state index contributed by atoms with van der Waals surface area (Å²) in [6.07, 6.45) is 5.55. The van der Waals surface area contributed by atoms with Crippen molar-refractivity contribution in [2.45, 2.75) is 0 Å². The molecule has 0 fully saturated rings. The molecule has 0 atom stereocenters. The van der Waals surface area contributed by atoms with Crippen LogP contribution in [0.25, 0.3) is 0 Å². The summed E-state index contributed by atoms with van der Waals surface area (Å²) in [6, 6.07) is 0. The summed E-state index contributed by atoms with van der Waals surface area (Å²) in [5.41, 5.74) is 5.34. The summed E-state index contributed by atoms with van der Waals surface area (Å²) in [4.78, 5) is 0. The lowest BCUT2D eigenvalue weighted by Gasteiger charge is -2.00. The molecule has 11 heavy (non-hydrogen) atoms. The fourth-order valence-corrected chi connectivity index (χ4v) is 1.13. The van der Waals surface area contributed by atoms with Crippen LogP contribution in [0.3, 0.4) is 0 Å². The number of rotatable bonds is 5. The first-order chi connectivity index (χ1) is 5.35. The summed E-state index contributed by atoms with van der Waals surface area (Å²) in [7, 11) is 1.87. The zero-order valence-electron chi connectivity index (χ0n) is 6.71. The first-order valence-corrected chi connectivity index (χ1v) is 4.25. The number of hydrogen-bond donors (Lipinski definition) is 2. The Bertz CT molecular complexity index is 161. The van der Waals surface area contributed by atoms with Crippen molar-refractivity contribution in [3.05, 3.63) is 35.2 Å². The van der Waals surface area contributed by atoms with Gasteiger partial charge in [-0.15, -0.1) is 0 Å². The Morgan fingerprint density at radius 3 is 2.91 bits per heavy atom. The van der Waals surface area contributed by atoms with E-state index < -0.39 is 0 Å². The van der Waals surface area contributed by atoms with E-state index in [2.05, 4.69) is 11.9 Å². The van der Waals surface area contributed by atoms with Gasteiger partial charge >= 0.3 is 0 Å². The summed E-state index contributed by atoms with van der Waals surface area (Å²) in [5, 5.41) is 6.03. The van der Waals surface area contributed by atoms with Crippen LogP contribution in [-0.2, 0) is 0 Å². The van der Waals surface area contributed by atoms with Crippen molar-refractivity contribution in [2.24, 2.45) is 5.73 Å². The maximum absolute atomic E-state index is 5.34. The summed E-state index contributed by atoms with van der Waals surface area (Å²) in [5.74, 6) is 0.